The summed E-state index contributed by atoms with van der Waals surface area (Å²) in [7, 11) is 0. The van der Waals surface area contributed by atoms with Crippen LogP contribution in [0, 0.1) is 0 Å². The van der Waals surface area contributed by atoms with Crippen molar-refractivity contribution in [1.29, 1.82) is 0 Å². The van der Waals surface area contributed by atoms with E-state index in [4.69, 9.17) is 9.97 Å². The van der Waals surface area contributed by atoms with E-state index in [0.717, 1.165) is 64.4 Å². The van der Waals surface area contributed by atoms with Crippen molar-refractivity contribution >= 4 is 65.2 Å². The monoisotopic (exact) mass is 1270 g/mol. The summed E-state index contributed by atoms with van der Waals surface area (Å²) in [6.07, 6.45) is 3.06. The molecule has 0 amide bonds. The highest BCUT2D eigenvalue weighted by molar-refractivity contribution is 6.17. The molecular weight excluding hydrogens is 1210 g/mol. The number of imidazole rings is 2. The molecule has 1 spiro atoms. The second kappa shape index (κ2) is 22.0. The predicted molar refractivity (Wildman–Crippen MR) is 414 cm³/mol. The molecule has 0 aliphatic heterocycles. The SMILES string of the molecule is CCc1nc2ccccc2n1-c1cccc(-c2cc3c(c4ccccc24)-c2c(ccc4cc(Cc5nc6ccccc6n5-c5cccc(-c6cc7c(c8ccccc68)-c6c(ccc8ccccc68)Cc6ccccc6-c6ccccc6C7)c5)ccc24)C32c3ccccc3-c3ccccc32)c1. The smallest absolute Gasteiger partial charge is 0.118 e. The van der Waals surface area contributed by atoms with Gasteiger partial charge in [0.2, 0.25) is 0 Å². The number of fused-ring (bicyclic) bond motifs is 26. The standard InChI is InChI=1S/C96H64N4/c1-2-90-97-86-41-17-19-43-88(86)99(90)68-28-22-27-64(56-68)81-58-85-95(79-38-12-10-34-75(79)81)94-73-49-45-59(51-65(73)48-50-84(94)96(85)82-39-15-13-35-76(82)77-36-14-16-40-83(77)96)52-91-98-87-42-18-20-44-89(87)100(91)69-29-21-26-63(55-69)80-57-67-54-62-25-5-7-31-71(62)70-30-6-4-24-61(70)53-66-47-46-60-23-3-8-32-72(60)92(66)93(67)78-37-11-9-33-74(78)80/h3-51,55-58H,2,52-54H2,1H3. The molecule has 4 nitrogen and oxygen atoms in total. The normalized spacial score (nSPS) is 13.1. The predicted octanol–water partition coefficient (Wildman–Crippen LogP) is 23.6. The largest absolute Gasteiger partial charge is 0.296 e. The van der Waals surface area contributed by atoms with E-state index >= 15 is 0 Å². The summed E-state index contributed by atoms with van der Waals surface area (Å²) in [6.45, 7) is 2.20. The Balaban J connectivity index is 0.717. The molecule has 3 aliphatic carbocycles. The zero-order valence-corrected chi connectivity index (χ0v) is 55.2. The maximum atomic E-state index is 5.54. The fourth-order valence-corrected chi connectivity index (χ4v) is 18.3. The average Bonchev–Trinajstić information content (AvgIpc) is 1.49. The number of aryl methyl sites for hydroxylation is 1. The van der Waals surface area contributed by atoms with Crippen molar-refractivity contribution in [1.82, 2.24) is 19.1 Å². The fraction of sp³-hybridized carbons (Fsp3) is 0.0625. The van der Waals surface area contributed by atoms with Crippen molar-refractivity contribution in [3.8, 4) is 78.1 Å². The molecule has 0 unspecified atom stereocenters. The van der Waals surface area contributed by atoms with Crippen molar-refractivity contribution in [3.05, 3.63) is 383 Å². The Morgan fingerprint density at radius 2 is 0.790 bits per heavy atom. The minimum atomic E-state index is -0.571. The van der Waals surface area contributed by atoms with Gasteiger partial charge in [0.25, 0.3) is 0 Å². The molecule has 100 heavy (non-hydrogen) atoms. The maximum Gasteiger partial charge on any atom is 0.118 e. The lowest BCUT2D eigenvalue weighted by Crippen LogP contribution is -2.26. The van der Waals surface area contributed by atoms with Gasteiger partial charge in [0.1, 0.15) is 11.6 Å². The summed E-state index contributed by atoms with van der Waals surface area (Å²) in [5, 5.41) is 9.99. The molecule has 0 fully saturated rings. The number of hydrogen-bond donors (Lipinski definition) is 0. The van der Waals surface area contributed by atoms with Crippen molar-refractivity contribution in [2.75, 3.05) is 0 Å². The molecule has 468 valence electrons. The van der Waals surface area contributed by atoms with Crippen LogP contribution in [0.1, 0.15) is 68.6 Å². The molecule has 0 saturated heterocycles. The van der Waals surface area contributed by atoms with Gasteiger partial charge in [0, 0.05) is 24.2 Å². The van der Waals surface area contributed by atoms with Crippen molar-refractivity contribution in [2.24, 2.45) is 0 Å². The first kappa shape index (κ1) is 56.7. The van der Waals surface area contributed by atoms with Gasteiger partial charge >= 0.3 is 0 Å². The average molecular weight is 1270 g/mol. The van der Waals surface area contributed by atoms with Gasteiger partial charge in [0.15, 0.2) is 0 Å². The van der Waals surface area contributed by atoms with Gasteiger partial charge in [-0.15, -0.1) is 0 Å². The van der Waals surface area contributed by atoms with Crippen LogP contribution >= 0.6 is 0 Å². The summed E-state index contributed by atoms with van der Waals surface area (Å²) in [5.74, 6) is 2.05. The maximum absolute atomic E-state index is 5.54. The molecule has 3 aliphatic rings. The first-order valence-corrected chi connectivity index (χ1v) is 35.2. The Hall–Kier alpha value is -12.5. The van der Waals surface area contributed by atoms with E-state index in [0.29, 0.717) is 6.42 Å². The van der Waals surface area contributed by atoms with Crippen molar-refractivity contribution in [3.63, 3.8) is 0 Å². The van der Waals surface area contributed by atoms with Gasteiger partial charge in [0.05, 0.1) is 27.5 Å². The Kier molecular flexibility index (Phi) is 12.5. The third-order valence-electron chi connectivity index (χ3n) is 22.4. The zero-order chi connectivity index (χ0) is 65.7. The van der Waals surface area contributed by atoms with Crippen LogP contribution in [-0.2, 0) is 31.1 Å². The summed E-state index contributed by atoms with van der Waals surface area (Å²) in [6, 6.07) is 121. The number of benzene rings is 16. The molecule has 2 aromatic heterocycles. The summed E-state index contributed by atoms with van der Waals surface area (Å²) in [5.41, 5.74) is 32.9. The second-order valence-electron chi connectivity index (χ2n) is 27.6. The minimum Gasteiger partial charge on any atom is -0.296 e. The quantitative estimate of drug-likeness (QED) is 0.159. The first-order valence-electron chi connectivity index (χ1n) is 35.2. The summed E-state index contributed by atoms with van der Waals surface area (Å²) in [4.78, 5) is 10.7. The molecule has 4 heteroatoms. The topological polar surface area (TPSA) is 35.6 Å². The Morgan fingerprint density at radius 1 is 0.300 bits per heavy atom. The van der Waals surface area contributed by atoms with Crippen LogP contribution in [0.5, 0.6) is 0 Å². The third kappa shape index (κ3) is 8.28. The van der Waals surface area contributed by atoms with E-state index < -0.39 is 5.41 Å². The van der Waals surface area contributed by atoms with Gasteiger partial charge in [-0.2, -0.15) is 0 Å². The first-order chi connectivity index (χ1) is 49.5. The number of para-hydroxylation sites is 4. The van der Waals surface area contributed by atoms with Crippen LogP contribution in [0.4, 0.5) is 0 Å². The summed E-state index contributed by atoms with van der Waals surface area (Å²) < 4.78 is 4.77. The van der Waals surface area contributed by atoms with Crippen LogP contribution in [0.25, 0.3) is 143 Å². The molecule has 0 saturated carbocycles. The molecule has 2 heterocycles. The van der Waals surface area contributed by atoms with Crippen LogP contribution in [-0.4, -0.2) is 19.1 Å². The third-order valence-corrected chi connectivity index (χ3v) is 22.4. The van der Waals surface area contributed by atoms with Crippen LogP contribution in [0.15, 0.2) is 322 Å². The van der Waals surface area contributed by atoms with E-state index in [2.05, 4.69) is 338 Å². The van der Waals surface area contributed by atoms with E-state index in [1.54, 1.807) is 0 Å². The van der Waals surface area contributed by atoms with Crippen molar-refractivity contribution in [2.45, 2.75) is 38.0 Å². The van der Waals surface area contributed by atoms with Crippen molar-refractivity contribution < 1.29 is 0 Å². The van der Waals surface area contributed by atoms with E-state index in [9.17, 15) is 0 Å². The molecule has 0 radical (unpaired) electrons. The van der Waals surface area contributed by atoms with Gasteiger partial charge in [-0.3, -0.25) is 9.13 Å². The van der Waals surface area contributed by atoms with Gasteiger partial charge < -0.3 is 0 Å². The lowest BCUT2D eigenvalue weighted by Gasteiger charge is -2.31. The molecule has 18 aromatic rings. The number of rotatable bonds is 7. The molecule has 16 aromatic carbocycles. The number of hydrogen-bond acceptors (Lipinski definition) is 2. The van der Waals surface area contributed by atoms with E-state index in [1.807, 2.05) is 0 Å². The highest BCUT2D eigenvalue weighted by Crippen LogP contribution is 2.66. The van der Waals surface area contributed by atoms with Crippen LogP contribution in [0.3, 0.4) is 0 Å². The lowest BCUT2D eigenvalue weighted by atomic mass is 9.70. The number of aromatic nitrogens is 4. The van der Waals surface area contributed by atoms with E-state index in [-0.39, 0.29) is 0 Å². The lowest BCUT2D eigenvalue weighted by molar-refractivity contribution is 0.795. The highest BCUT2D eigenvalue weighted by atomic mass is 15.1. The number of nitrogens with zero attached hydrogens (tertiary/aromatic N) is 4. The van der Waals surface area contributed by atoms with Crippen LogP contribution in [0.2, 0.25) is 0 Å². The molecule has 0 bridgehead atoms. The van der Waals surface area contributed by atoms with Gasteiger partial charge in [-0.05, 0) is 233 Å². The summed E-state index contributed by atoms with van der Waals surface area (Å²) >= 11 is 0. The zero-order valence-electron chi connectivity index (χ0n) is 55.2. The highest BCUT2D eigenvalue weighted by Gasteiger charge is 2.53. The van der Waals surface area contributed by atoms with Gasteiger partial charge in [-0.1, -0.05) is 268 Å². The fourth-order valence-electron chi connectivity index (χ4n) is 18.3. The Bertz CT molecular complexity index is 6470. The van der Waals surface area contributed by atoms with E-state index in [1.165, 1.54) is 160 Å². The molecule has 0 N–H and O–H groups in total. The Morgan fingerprint density at radius 3 is 1.45 bits per heavy atom. The molecule has 21 rings (SSSR count). The Labute approximate surface area is 580 Å². The van der Waals surface area contributed by atoms with Gasteiger partial charge in [-0.25, -0.2) is 9.97 Å². The van der Waals surface area contributed by atoms with Crippen LogP contribution < -0.4 is 0 Å². The minimum absolute atomic E-state index is 0.571. The molecule has 0 atom stereocenters. The molecular formula is C96H64N4. The second-order valence-corrected chi connectivity index (χ2v) is 27.6.